The lowest BCUT2D eigenvalue weighted by molar-refractivity contribution is -0.128. The number of anilines is 1. The van der Waals surface area contributed by atoms with E-state index in [1.807, 2.05) is 24.6 Å². The van der Waals surface area contributed by atoms with Crippen molar-refractivity contribution in [2.24, 2.45) is 5.92 Å². The maximum absolute atomic E-state index is 13.4. The number of nitrogens with zero attached hydrogens (tertiary/aromatic N) is 2. The van der Waals surface area contributed by atoms with Crippen molar-refractivity contribution in [2.75, 3.05) is 24.5 Å². The lowest BCUT2D eigenvalue weighted by Gasteiger charge is -2.37. The van der Waals surface area contributed by atoms with E-state index in [1.165, 1.54) is 0 Å². The first-order valence-electron chi connectivity index (χ1n) is 11.4. The van der Waals surface area contributed by atoms with Crippen molar-refractivity contribution in [1.82, 2.24) is 15.0 Å². The Hall–Kier alpha value is -1.97. The quantitative estimate of drug-likeness (QED) is 0.639. The molecule has 2 N–H and O–H groups in total. The van der Waals surface area contributed by atoms with Gasteiger partial charge in [-0.2, -0.15) is 4.72 Å². The van der Waals surface area contributed by atoms with Gasteiger partial charge in [-0.25, -0.2) is 13.4 Å². The molecule has 9 heteroatoms. The maximum atomic E-state index is 13.4. The van der Waals surface area contributed by atoms with Crippen LogP contribution in [0.1, 0.15) is 50.5 Å². The fourth-order valence-corrected chi connectivity index (χ4v) is 7.02. The molecule has 174 valence electrons. The molecule has 1 saturated heterocycles. The minimum atomic E-state index is -3.79. The van der Waals surface area contributed by atoms with Crippen LogP contribution in [0.3, 0.4) is 0 Å². The summed E-state index contributed by atoms with van der Waals surface area (Å²) >= 11 is 1.63. The van der Waals surface area contributed by atoms with E-state index in [0.29, 0.717) is 25.3 Å². The number of thiazole rings is 1. The molecule has 2 aromatic rings. The van der Waals surface area contributed by atoms with Crippen LogP contribution in [-0.2, 0) is 14.8 Å². The van der Waals surface area contributed by atoms with Gasteiger partial charge in [0.1, 0.15) is 5.54 Å². The number of sulfonamides is 1. The normalized spacial score (nSPS) is 21.3. The van der Waals surface area contributed by atoms with Crippen LogP contribution in [0.25, 0.3) is 0 Å². The van der Waals surface area contributed by atoms with Crippen LogP contribution < -0.4 is 14.9 Å². The van der Waals surface area contributed by atoms with Crippen molar-refractivity contribution in [3.05, 3.63) is 41.4 Å². The molecule has 1 aliphatic heterocycles. The summed E-state index contributed by atoms with van der Waals surface area (Å²) in [6.07, 6.45) is 7.68. The zero-order chi connectivity index (χ0) is 22.6. The van der Waals surface area contributed by atoms with Gasteiger partial charge in [-0.15, -0.1) is 11.3 Å². The third-order valence-corrected chi connectivity index (χ3v) is 8.90. The number of amides is 1. The number of carbonyl (C=O) groups excluding carboxylic acids is 1. The van der Waals surface area contributed by atoms with Crippen molar-refractivity contribution in [1.29, 1.82) is 0 Å². The minimum Gasteiger partial charge on any atom is -0.354 e. The highest BCUT2D eigenvalue weighted by molar-refractivity contribution is 7.89. The molecule has 1 atom stereocenters. The van der Waals surface area contributed by atoms with Crippen LogP contribution in [0.4, 0.5) is 5.13 Å². The number of hydrogen-bond donors (Lipinski definition) is 2. The van der Waals surface area contributed by atoms with Gasteiger partial charge in [0.05, 0.1) is 4.90 Å². The van der Waals surface area contributed by atoms with Crippen LogP contribution >= 0.6 is 11.3 Å². The molecule has 1 aliphatic carbocycles. The standard InChI is InChI=1S/C23H32N4O3S2/c1-18-7-5-9-20(15-18)32(29,30)26-23(10-3-2-4-11-23)21(28)25-16-19-8-6-13-27(17-19)22-24-12-14-31-22/h5,7,9,12,14-15,19,26H,2-4,6,8,10-11,13,16-17H2,1H3,(H,25,28). The fourth-order valence-electron chi connectivity index (χ4n) is 4.81. The van der Waals surface area contributed by atoms with Crippen LogP contribution in [0.5, 0.6) is 0 Å². The van der Waals surface area contributed by atoms with Gasteiger partial charge in [0.15, 0.2) is 5.13 Å². The number of piperidine rings is 1. The van der Waals surface area contributed by atoms with Gasteiger partial charge >= 0.3 is 0 Å². The third-order valence-electron chi connectivity index (χ3n) is 6.53. The van der Waals surface area contributed by atoms with E-state index in [-0.39, 0.29) is 10.8 Å². The summed E-state index contributed by atoms with van der Waals surface area (Å²) in [6.45, 7) is 4.25. The lowest BCUT2D eigenvalue weighted by atomic mass is 9.81. The molecule has 2 heterocycles. The first-order valence-corrected chi connectivity index (χ1v) is 13.8. The fraction of sp³-hybridized carbons (Fsp3) is 0.565. The zero-order valence-corrected chi connectivity index (χ0v) is 20.2. The first-order chi connectivity index (χ1) is 15.4. The maximum Gasteiger partial charge on any atom is 0.241 e. The Kier molecular flexibility index (Phi) is 7.17. The predicted octanol–water partition coefficient (Wildman–Crippen LogP) is 3.47. The van der Waals surface area contributed by atoms with Crippen LogP contribution in [0, 0.1) is 12.8 Å². The molecule has 1 unspecified atom stereocenters. The number of aromatic nitrogens is 1. The minimum absolute atomic E-state index is 0.195. The highest BCUT2D eigenvalue weighted by atomic mass is 32.2. The summed E-state index contributed by atoms with van der Waals surface area (Å²) in [5, 5.41) is 6.11. The van der Waals surface area contributed by atoms with Gasteiger partial charge in [0.25, 0.3) is 0 Å². The monoisotopic (exact) mass is 476 g/mol. The van der Waals surface area contributed by atoms with E-state index in [9.17, 15) is 13.2 Å². The molecule has 0 bridgehead atoms. The Morgan fingerprint density at radius 3 is 2.78 bits per heavy atom. The Balaban J connectivity index is 1.44. The lowest BCUT2D eigenvalue weighted by Crippen LogP contribution is -2.60. The Morgan fingerprint density at radius 1 is 1.25 bits per heavy atom. The average Bonchev–Trinajstić information content (AvgIpc) is 3.33. The molecule has 0 radical (unpaired) electrons. The van der Waals surface area contributed by atoms with E-state index in [0.717, 1.165) is 55.9 Å². The summed E-state index contributed by atoms with van der Waals surface area (Å²) < 4.78 is 29.1. The molecule has 1 saturated carbocycles. The number of nitrogens with one attached hydrogen (secondary N) is 2. The Bertz CT molecular complexity index is 1020. The van der Waals surface area contributed by atoms with Crippen LogP contribution in [-0.4, -0.2) is 44.5 Å². The predicted molar refractivity (Wildman–Crippen MR) is 127 cm³/mol. The summed E-state index contributed by atoms with van der Waals surface area (Å²) in [5.74, 6) is 0.130. The van der Waals surface area contributed by atoms with Gasteiger partial charge in [-0.05, 0) is 56.2 Å². The molecule has 2 fully saturated rings. The van der Waals surface area contributed by atoms with E-state index in [4.69, 9.17) is 0 Å². The third kappa shape index (κ3) is 5.32. The summed E-state index contributed by atoms with van der Waals surface area (Å²) in [5.41, 5.74) is -0.207. The summed E-state index contributed by atoms with van der Waals surface area (Å²) in [7, 11) is -3.79. The van der Waals surface area contributed by atoms with Crippen LogP contribution in [0.2, 0.25) is 0 Å². The number of hydrogen-bond acceptors (Lipinski definition) is 6. The number of carbonyl (C=O) groups is 1. The molecule has 4 rings (SSSR count). The number of benzene rings is 1. The molecular weight excluding hydrogens is 444 g/mol. The smallest absolute Gasteiger partial charge is 0.241 e. The van der Waals surface area contributed by atoms with E-state index < -0.39 is 15.6 Å². The molecule has 1 aromatic heterocycles. The Morgan fingerprint density at radius 2 is 2.06 bits per heavy atom. The Labute approximate surface area is 194 Å². The van der Waals surface area contributed by atoms with Gasteiger partial charge in [0.2, 0.25) is 15.9 Å². The van der Waals surface area contributed by atoms with E-state index in [1.54, 1.807) is 29.5 Å². The van der Waals surface area contributed by atoms with Crippen molar-refractivity contribution in [2.45, 2.75) is 62.3 Å². The van der Waals surface area contributed by atoms with Crippen molar-refractivity contribution < 1.29 is 13.2 Å². The van der Waals surface area contributed by atoms with Gasteiger partial charge in [-0.1, -0.05) is 31.4 Å². The molecule has 7 nitrogen and oxygen atoms in total. The SMILES string of the molecule is Cc1cccc(S(=O)(=O)NC2(C(=O)NCC3CCCN(c4nccs4)C3)CCCCC2)c1. The topological polar surface area (TPSA) is 91.4 Å². The molecule has 32 heavy (non-hydrogen) atoms. The van der Waals surface area contributed by atoms with Gasteiger partial charge in [-0.3, -0.25) is 4.79 Å². The average molecular weight is 477 g/mol. The van der Waals surface area contributed by atoms with E-state index in [2.05, 4.69) is 19.9 Å². The second-order valence-corrected chi connectivity index (χ2v) is 11.6. The second kappa shape index (κ2) is 9.89. The molecular formula is C23H32N4O3S2. The molecule has 0 spiro atoms. The molecule has 1 aromatic carbocycles. The molecule has 1 amide bonds. The first kappa shape index (κ1) is 23.2. The van der Waals surface area contributed by atoms with Crippen LogP contribution in [0.15, 0.2) is 40.7 Å². The second-order valence-electron chi connectivity index (χ2n) is 9.04. The molecule has 2 aliphatic rings. The van der Waals surface area contributed by atoms with E-state index >= 15 is 0 Å². The van der Waals surface area contributed by atoms with Crippen molar-refractivity contribution >= 4 is 32.4 Å². The number of aryl methyl sites for hydroxylation is 1. The zero-order valence-electron chi connectivity index (χ0n) is 18.5. The largest absolute Gasteiger partial charge is 0.354 e. The highest BCUT2D eigenvalue weighted by Crippen LogP contribution is 2.31. The number of rotatable bonds is 7. The van der Waals surface area contributed by atoms with Gasteiger partial charge < -0.3 is 10.2 Å². The summed E-state index contributed by atoms with van der Waals surface area (Å²) in [4.78, 5) is 20.3. The highest BCUT2D eigenvalue weighted by Gasteiger charge is 2.43. The van der Waals surface area contributed by atoms with Crippen molar-refractivity contribution in [3.8, 4) is 0 Å². The van der Waals surface area contributed by atoms with Crippen molar-refractivity contribution in [3.63, 3.8) is 0 Å². The van der Waals surface area contributed by atoms with Gasteiger partial charge in [0, 0.05) is 31.2 Å². The summed E-state index contributed by atoms with van der Waals surface area (Å²) in [6, 6.07) is 6.82.